The molecule has 2 rings (SSSR count). The molecule has 0 aliphatic carbocycles. The van der Waals surface area contributed by atoms with Gasteiger partial charge < -0.3 is 14.3 Å². The third-order valence-corrected chi connectivity index (χ3v) is 3.85. The zero-order chi connectivity index (χ0) is 14.7. The van der Waals surface area contributed by atoms with E-state index in [-0.39, 0.29) is 6.03 Å². The number of likely N-dealkylation sites (tertiary alicyclic amines) is 1. The minimum Gasteiger partial charge on any atom is -0.360 e. The van der Waals surface area contributed by atoms with E-state index in [1.165, 1.54) is 0 Å². The standard InChI is InChI=1S/C14H24N4O2/c1-11-9-13(20-15-11)10-18-7-5-12(6-8-18)17(4)14(19)16(2)3/h9,12H,5-8,10H2,1-4H3. The van der Waals surface area contributed by atoms with Crippen molar-refractivity contribution in [2.45, 2.75) is 32.4 Å². The Balaban J connectivity index is 1.81. The molecule has 0 radical (unpaired) electrons. The second kappa shape index (κ2) is 6.26. The van der Waals surface area contributed by atoms with Crippen LogP contribution in [0.25, 0.3) is 0 Å². The number of amides is 2. The highest BCUT2D eigenvalue weighted by molar-refractivity contribution is 5.73. The number of aromatic nitrogens is 1. The summed E-state index contributed by atoms with van der Waals surface area (Å²) in [6.45, 7) is 4.70. The maximum absolute atomic E-state index is 11.9. The molecule has 0 unspecified atom stereocenters. The third-order valence-electron chi connectivity index (χ3n) is 3.85. The molecule has 0 bridgehead atoms. The Morgan fingerprint density at radius 2 is 2.05 bits per heavy atom. The highest BCUT2D eigenvalue weighted by Gasteiger charge is 2.26. The highest BCUT2D eigenvalue weighted by atomic mass is 16.5. The van der Waals surface area contributed by atoms with Gasteiger partial charge in [0.05, 0.1) is 12.2 Å². The van der Waals surface area contributed by atoms with E-state index in [4.69, 9.17) is 4.52 Å². The van der Waals surface area contributed by atoms with Crippen molar-refractivity contribution in [3.05, 3.63) is 17.5 Å². The average molecular weight is 280 g/mol. The van der Waals surface area contributed by atoms with Crippen LogP contribution in [0.4, 0.5) is 4.79 Å². The van der Waals surface area contributed by atoms with Crippen molar-refractivity contribution in [3.63, 3.8) is 0 Å². The van der Waals surface area contributed by atoms with Gasteiger partial charge in [-0.25, -0.2) is 4.79 Å². The monoisotopic (exact) mass is 280 g/mol. The Hall–Kier alpha value is -1.56. The summed E-state index contributed by atoms with van der Waals surface area (Å²) in [4.78, 5) is 17.8. The largest absolute Gasteiger partial charge is 0.360 e. The predicted molar refractivity (Wildman–Crippen MR) is 76.4 cm³/mol. The Morgan fingerprint density at radius 1 is 1.40 bits per heavy atom. The fraction of sp³-hybridized carbons (Fsp3) is 0.714. The lowest BCUT2D eigenvalue weighted by molar-refractivity contribution is 0.113. The van der Waals surface area contributed by atoms with E-state index in [1.807, 2.05) is 24.9 Å². The molecular weight excluding hydrogens is 256 g/mol. The first-order valence-electron chi connectivity index (χ1n) is 7.06. The van der Waals surface area contributed by atoms with Gasteiger partial charge in [0.15, 0.2) is 5.76 Å². The molecule has 1 fully saturated rings. The maximum Gasteiger partial charge on any atom is 0.319 e. The molecule has 0 saturated carbocycles. The van der Waals surface area contributed by atoms with Gasteiger partial charge in [-0.15, -0.1) is 0 Å². The molecule has 6 heteroatoms. The minimum absolute atomic E-state index is 0.0781. The van der Waals surface area contributed by atoms with Crippen LogP contribution in [0.2, 0.25) is 0 Å². The van der Waals surface area contributed by atoms with Crippen LogP contribution in [0.15, 0.2) is 10.6 Å². The van der Waals surface area contributed by atoms with Gasteiger partial charge in [-0.1, -0.05) is 5.16 Å². The van der Waals surface area contributed by atoms with Crippen molar-refractivity contribution in [1.29, 1.82) is 0 Å². The molecule has 1 aliphatic rings. The van der Waals surface area contributed by atoms with Crippen LogP contribution in [-0.2, 0) is 6.54 Å². The van der Waals surface area contributed by atoms with Crippen LogP contribution < -0.4 is 0 Å². The van der Waals surface area contributed by atoms with Gasteiger partial charge in [0.1, 0.15) is 0 Å². The second-order valence-corrected chi connectivity index (χ2v) is 5.73. The summed E-state index contributed by atoms with van der Waals surface area (Å²) in [6, 6.07) is 2.39. The minimum atomic E-state index is 0.0781. The van der Waals surface area contributed by atoms with Crippen molar-refractivity contribution in [1.82, 2.24) is 19.9 Å². The van der Waals surface area contributed by atoms with Crippen LogP contribution in [-0.4, -0.2) is 66.2 Å². The first-order chi connectivity index (χ1) is 9.47. The first kappa shape index (κ1) is 14.8. The molecule has 1 saturated heterocycles. The fourth-order valence-corrected chi connectivity index (χ4v) is 2.65. The Bertz CT molecular complexity index is 450. The van der Waals surface area contributed by atoms with E-state index in [0.717, 1.165) is 43.9 Å². The number of hydrogen-bond donors (Lipinski definition) is 0. The topological polar surface area (TPSA) is 52.8 Å². The van der Waals surface area contributed by atoms with Gasteiger partial charge in [-0.3, -0.25) is 4.90 Å². The smallest absolute Gasteiger partial charge is 0.319 e. The van der Waals surface area contributed by atoms with Gasteiger partial charge in [0.25, 0.3) is 0 Å². The first-order valence-corrected chi connectivity index (χ1v) is 7.06. The van der Waals surface area contributed by atoms with Crippen LogP contribution >= 0.6 is 0 Å². The van der Waals surface area contributed by atoms with Crippen molar-refractivity contribution in [2.24, 2.45) is 0 Å². The normalized spacial score (nSPS) is 17.2. The predicted octanol–water partition coefficient (Wildman–Crippen LogP) is 1.56. The summed E-state index contributed by atoms with van der Waals surface area (Å²) in [5, 5.41) is 3.91. The molecule has 1 aromatic heterocycles. The molecule has 6 nitrogen and oxygen atoms in total. The van der Waals surface area contributed by atoms with E-state index in [2.05, 4.69) is 10.1 Å². The van der Waals surface area contributed by atoms with E-state index >= 15 is 0 Å². The van der Waals surface area contributed by atoms with Crippen molar-refractivity contribution in [2.75, 3.05) is 34.2 Å². The Morgan fingerprint density at radius 3 is 2.55 bits per heavy atom. The van der Waals surface area contributed by atoms with Gasteiger partial charge in [-0.2, -0.15) is 0 Å². The van der Waals surface area contributed by atoms with Crippen molar-refractivity contribution < 1.29 is 9.32 Å². The summed E-state index contributed by atoms with van der Waals surface area (Å²) in [6.07, 6.45) is 2.01. The molecule has 112 valence electrons. The molecule has 0 atom stereocenters. The zero-order valence-corrected chi connectivity index (χ0v) is 12.8. The van der Waals surface area contributed by atoms with E-state index in [0.29, 0.717) is 6.04 Å². The van der Waals surface area contributed by atoms with Crippen LogP contribution in [0, 0.1) is 6.92 Å². The molecule has 1 aliphatic heterocycles. The lowest BCUT2D eigenvalue weighted by Gasteiger charge is -2.37. The van der Waals surface area contributed by atoms with Gasteiger partial charge in [0, 0.05) is 46.3 Å². The molecular formula is C14H24N4O2. The van der Waals surface area contributed by atoms with Crippen LogP contribution in [0.3, 0.4) is 0 Å². The third kappa shape index (κ3) is 3.50. The summed E-state index contributed by atoms with van der Waals surface area (Å²) in [5.41, 5.74) is 0.922. The fourth-order valence-electron chi connectivity index (χ4n) is 2.65. The quantitative estimate of drug-likeness (QED) is 0.843. The number of urea groups is 1. The van der Waals surface area contributed by atoms with Crippen LogP contribution in [0.5, 0.6) is 0 Å². The Labute approximate surface area is 120 Å². The van der Waals surface area contributed by atoms with Crippen molar-refractivity contribution >= 4 is 6.03 Å². The summed E-state index contributed by atoms with van der Waals surface area (Å²) in [7, 11) is 5.48. The number of aryl methyl sites for hydroxylation is 1. The number of nitrogens with zero attached hydrogens (tertiary/aromatic N) is 4. The number of carbonyl (C=O) groups excluding carboxylic acids is 1. The number of carbonyl (C=O) groups is 1. The molecule has 0 aromatic carbocycles. The lowest BCUT2D eigenvalue weighted by atomic mass is 10.0. The van der Waals surface area contributed by atoms with E-state index < -0.39 is 0 Å². The molecule has 0 spiro atoms. The molecule has 0 N–H and O–H groups in total. The van der Waals surface area contributed by atoms with Gasteiger partial charge in [-0.05, 0) is 19.8 Å². The van der Waals surface area contributed by atoms with Crippen molar-refractivity contribution in [3.8, 4) is 0 Å². The van der Waals surface area contributed by atoms with Gasteiger partial charge in [0.2, 0.25) is 0 Å². The van der Waals surface area contributed by atoms with E-state index in [9.17, 15) is 4.79 Å². The zero-order valence-electron chi connectivity index (χ0n) is 12.8. The molecule has 20 heavy (non-hydrogen) atoms. The SMILES string of the molecule is Cc1cc(CN2CCC(N(C)C(=O)N(C)C)CC2)on1. The van der Waals surface area contributed by atoms with Crippen LogP contribution in [0.1, 0.15) is 24.3 Å². The van der Waals surface area contributed by atoms with Gasteiger partial charge >= 0.3 is 6.03 Å². The number of piperidine rings is 1. The summed E-state index contributed by atoms with van der Waals surface area (Å²) >= 11 is 0. The number of rotatable bonds is 3. The average Bonchev–Trinajstić information content (AvgIpc) is 2.83. The molecule has 2 heterocycles. The highest BCUT2D eigenvalue weighted by Crippen LogP contribution is 2.18. The Kier molecular flexibility index (Phi) is 4.65. The molecule has 2 amide bonds. The molecule has 1 aromatic rings. The van der Waals surface area contributed by atoms with E-state index in [1.54, 1.807) is 19.0 Å². The summed E-state index contributed by atoms with van der Waals surface area (Å²) in [5.74, 6) is 0.915. The lowest BCUT2D eigenvalue weighted by Crippen LogP contribution is -2.48. The second-order valence-electron chi connectivity index (χ2n) is 5.73. The maximum atomic E-state index is 11.9. The number of hydrogen-bond acceptors (Lipinski definition) is 4. The summed E-state index contributed by atoms with van der Waals surface area (Å²) < 4.78 is 5.25.